The molecule has 0 radical (unpaired) electrons. The van der Waals surface area contributed by atoms with Crippen LogP contribution < -0.4 is 11.3 Å². The lowest BCUT2D eigenvalue weighted by atomic mass is 10.4. The minimum absolute atomic E-state index is 0.0721. The van der Waals surface area contributed by atoms with Gasteiger partial charge >= 0.3 is 0 Å². The van der Waals surface area contributed by atoms with Gasteiger partial charge in [0.25, 0.3) is 5.56 Å². The summed E-state index contributed by atoms with van der Waals surface area (Å²) in [7, 11) is 0. The number of aromatic nitrogens is 3. The molecule has 0 saturated heterocycles. The molecule has 2 aromatic heterocycles. The number of rotatable bonds is 4. The highest BCUT2D eigenvalue weighted by Gasteiger charge is 2.12. The highest BCUT2D eigenvalue weighted by atomic mass is 16.4. The number of oxime groups is 1. The molecule has 7 heteroatoms. The Morgan fingerprint density at radius 3 is 3.00 bits per heavy atom. The molecule has 0 atom stereocenters. The second-order valence-corrected chi connectivity index (χ2v) is 4.00. The minimum Gasteiger partial charge on any atom is -0.409 e. The van der Waals surface area contributed by atoms with Crippen molar-refractivity contribution in [3.63, 3.8) is 0 Å². The number of aryl methyl sites for hydroxylation is 1. The van der Waals surface area contributed by atoms with Gasteiger partial charge in [-0.3, -0.25) is 9.36 Å². The molecule has 0 spiro atoms. The Bertz CT molecular complexity index is 656. The molecule has 2 aromatic rings. The van der Waals surface area contributed by atoms with Gasteiger partial charge in [-0.25, -0.2) is 4.98 Å². The van der Waals surface area contributed by atoms with E-state index >= 15 is 0 Å². The molecule has 2 heterocycles. The molecule has 0 saturated carbocycles. The summed E-state index contributed by atoms with van der Waals surface area (Å²) in [6.45, 7) is 2.61. The van der Waals surface area contributed by atoms with E-state index in [1.807, 2.05) is 6.92 Å². The van der Waals surface area contributed by atoms with Gasteiger partial charge in [0.15, 0.2) is 5.84 Å². The second-order valence-electron chi connectivity index (χ2n) is 4.00. The molecular formula is C12H15N5O2. The molecule has 2 rings (SSSR count). The number of nitrogens with zero attached hydrogens (tertiary/aromatic N) is 4. The van der Waals surface area contributed by atoms with E-state index in [2.05, 4.69) is 10.1 Å². The topological polar surface area (TPSA) is 98.4 Å². The van der Waals surface area contributed by atoms with E-state index in [0.717, 1.165) is 6.42 Å². The smallest absolute Gasteiger partial charge is 0.294 e. The van der Waals surface area contributed by atoms with Crippen LogP contribution in [0.4, 0.5) is 0 Å². The standard InChI is InChI=1S/C12H15N5O2/c1-2-6-16-8-5-14-11(12(16)18)17-7-3-4-9(17)10(13)15-19/h3-5,7-8,19H,2,6H2,1H3,(H2,13,15). The minimum atomic E-state index is -0.215. The molecule has 3 N–H and O–H groups in total. The van der Waals surface area contributed by atoms with Crippen molar-refractivity contribution < 1.29 is 5.21 Å². The van der Waals surface area contributed by atoms with Gasteiger partial charge in [0.2, 0.25) is 5.82 Å². The average Bonchev–Trinajstić information content (AvgIpc) is 2.89. The van der Waals surface area contributed by atoms with Gasteiger partial charge in [-0.15, -0.1) is 0 Å². The maximum atomic E-state index is 12.3. The molecule has 0 unspecified atom stereocenters. The number of amidine groups is 1. The first kappa shape index (κ1) is 12.9. The fourth-order valence-corrected chi connectivity index (χ4v) is 1.84. The lowest BCUT2D eigenvalue weighted by Crippen LogP contribution is -2.27. The lowest BCUT2D eigenvalue weighted by Gasteiger charge is -2.09. The van der Waals surface area contributed by atoms with Crippen LogP contribution in [0.2, 0.25) is 0 Å². The number of hydrogen-bond acceptors (Lipinski definition) is 4. The quantitative estimate of drug-likeness (QED) is 0.363. The predicted molar refractivity (Wildman–Crippen MR) is 70.6 cm³/mol. The van der Waals surface area contributed by atoms with Crippen molar-refractivity contribution >= 4 is 5.84 Å². The molecule has 0 aliphatic heterocycles. The Balaban J connectivity index is 2.57. The van der Waals surface area contributed by atoms with Gasteiger partial charge in [-0.1, -0.05) is 12.1 Å². The van der Waals surface area contributed by atoms with Crippen molar-refractivity contribution in [2.45, 2.75) is 19.9 Å². The van der Waals surface area contributed by atoms with Crippen molar-refractivity contribution in [1.29, 1.82) is 0 Å². The highest BCUT2D eigenvalue weighted by Crippen LogP contribution is 2.06. The summed E-state index contributed by atoms with van der Waals surface area (Å²) in [6, 6.07) is 3.35. The summed E-state index contributed by atoms with van der Waals surface area (Å²) in [5.74, 6) is 0.152. The first-order valence-electron chi connectivity index (χ1n) is 5.90. The van der Waals surface area contributed by atoms with E-state index in [1.165, 1.54) is 4.57 Å². The van der Waals surface area contributed by atoms with Gasteiger partial charge in [0.1, 0.15) is 0 Å². The fraction of sp³-hybridized carbons (Fsp3) is 0.250. The Hall–Kier alpha value is -2.57. The van der Waals surface area contributed by atoms with Crippen molar-refractivity contribution in [3.8, 4) is 5.82 Å². The van der Waals surface area contributed by atoms with Crippen molar-refractivity contribution in [2.24, 2.45) is 10.9 Å². The van der Waals surface area contributed by atoms with Crippen molar-refractivity contribution in [2.75, 3.05) is 0 Å². The van der Waals surface area contributed by atoms with E-state index in [-0.39, 0.29) is 17.2 Å². The molecule has 0 aliphatic carbocycles. The summed E-state index contributed by atoms with van der Waals surface area (Å²) in [5, 5.41) is 11.7. The molecule has 19 heavy (non-hydrogen) atoms. The third-order valence-corrected chi connectivity index (χ3v) is 2.71. The van der Waals surface area contributed by atoms with Crippen LogP contribution in [0.15, 0.2) is 40.7 Å². The SMILES string of the molecule is CCCn1ccnc(-n2cccc2/C(N)=N/O)c1=O. The molecule has 0 amide bonds. The zero-order valence-electron chi connectivity index (χ0n) is 10.5. The maximum absolute atomic E-state index is 12.3. The first-order valence-corrected chi connectivity index (χ1v) is 5.90. The Labute approximate surface area is 109 Å². The first-order chi connectivity index (χ1) is 9.19. The Kier molecular flexibility index (Phi) is 3.65. The monoisotopic (exact) mass is 261 g/mol. The van der Waals surface area contributed by atoms with Crippen LogP contribution in [0.1, 0.15) is 19.0 Å². The largest absolute Gasteiger partial charge is 0.409 e. The summed E-state index contributed by atoms with van der Waals surface area (Å²) in [5.41, 5.74) is 5.77. The van der Waals surface area contributed by atoms with E-state index in [0.29, 0.717) is 12.2 Å². The summed E-state index contributed by atoms with van der Waals surface area (Å²) < 4.78 is 3.09. The van der Waals surface area contributed by atoms with Crippen LogP contribution in [0.5, 0.6) is 0 Å². The molecule has 0 aliphatic rings. The van der Waals surface area contributed by atoms with Crippen LogP contribution in [0.25, 0.3) is 5.82 Å². The van der Waals surface area contributed by atoms with Crippen LogP contribution >= 0.6 is 0 Å². The zero-order valence-corrected chi connectivity index (χ0v) is 10.5. The van der Waals surface area contributed by atoms with E-state index in [1.54, 1.807) is 35.3 Å². The van der Waals surface area contributed by atoms with Crippen LogP contribution in [-0.4, -0.2) is 25.2 Å². The predicted octanol–water partition coefficient (Wildman–Crippen LogP) is 0.538. The third kappa shape index (κ3) is 2.35. The number of nitrogens with two attached hydrogens (primary N) is 1. The van der Waals surface area contributed by atoms with Crippen LogP contribution in [-0.2, 0) is 6.54 Å². The summed E-state index contributed by atoms with van der Waals surface area (Å²) in [4.78, 5) is 16.3. The van der Waals surface area contributed by atoms with Gasteiger partial charge < -0.3 is 15.5 Å². The second kappa shape index (κ2) is 5.38. The van der Waals surface area contributed by atoms with Gasteiger partial charge in [-0.2, -0.15) is 0 Å². The number of hydrogen-bond donors (Lipinski definition) is 2. The summed E-state index contributed by atoms with van der Waals surface area (Å²) in [6.07, 6.45) is 5.69. The van der Waals surface area contributed by atoms with Crippen LogP contribution in [0, 0.1) is 0 Å². The normalized spacial score (nSPS) is 11.7. The molecule has 0 fully saturated rings. The molecule has 0 aromatic carbocycles. The molecular weight excluding hydrogens is 246 g/mol. The zero-order chi connectivity index (χ0) is 13.8. The van der Waals surface area contributed by atoms with E-state index in [4.69, 9.17) is 10.9 Å². The van der Waals surface area contributed by atoms with E-state index in [9.17, 15) is 4.79 Å². The third-order valence-electron chi connectivity index (χ3n) is 2.71. The van der Waals surface area contributed by atoms with Crippen molar-refractivity contribution in [1.82, 2.24) is 14.1 Å². The van der Waals surface area contributed by atoms with Crippen molar-refractivity contribution in [3.05, 3.63) is 46.8 Å². The summed E-state index contributed by atoms with van der Waals surface area (Å²) >= 11 is 0. The molecule has 7 nitrogen and oxygen atoms in total. The molecule has 100 valence electrons. The highest BCUT2D eigenvalue weighted by molar-refractivity contribution is 5.96. The average molecular weight is 261 g/mol. The maximum Gasteiger partial charge on any atom is 0.294 e. The van der Waals surface area contributed by atoms with Gasteiger partial charge in [0.05, 0.1) is 5.69 Å². The van der Waals surface area contributed by atoms with Gasteiger partial charge in [-0.05, 0) is 18.6 Å². The fourth-order valence-electron chi connectivity index (χ4n) is 1.84. The van der Waals surface area contributed by atoms with Crippen LogP contribution in [0.3, 0.4) is 0 Å². The van der Waals surface area contributed by atoms with E-state index < -0.39 is 0 Å². The molecule has 0 bridgehead atoms. The lowest BCUT2D eigenvalue weighted by molar-refractivity contribution is 0.318. The van der Waals surface area contributed by atoms with Gasteiger partial charge in [0, 0.05) is 25.1 Å². The Morgan fingerprint density at radius 1 is 1.53 bits per heavy atom. The Morgan fingerprint density at radius 2 is 2.32 bits per heavy atom.